The van der Waals surface area contributed by atoms with Gasteiger partial charge in [0.05, 0.1) is 6.61 Å². The van der Waals surface area contributed by atoms with Crippen molar-refractivity contribution >= 4 is 24.0 Å². The van der Waals surface area contributed by atoms with Gasteiger partial charge >= 0.3 is 6.09 Å². The lowest BCUT2D eigenvalue weighted by molar-refractivity contribution is -0.143. The average Bonchev–Trinajstić information content (AvgIpc) is 2.67. The zero-order valence-electron chi connectivity index (χ0n) is 19.3. The Morgan fingerprint density at radius 3 is 2.35 bits per heavy atom. The molecule has 0 fully saturated rings. The molecule has 8 nitrogen and oxygen atoms in total. The predicted molar refractivity (Wildman–Crippen MR) is 120 cm³/mol. The summed E-state index contributed by atoms with van der Waals surface area (Å²) in [5.41, 5.74) is 0.635. The number of likely N-dealkylation sites (N-methyl/N-ethyl adjacent to an activating group) is 1. The van der Waals surface area contributed by atoms with Gasteiger partial charge in [-0.05, 0) is 58.7 Å². The SMILES string of the molecule is C=Cc1cccc(C(C(=O)NC(C)C)N(CC)C(=O)C(CO)NC(=O)OC(C)(C)C)c1. The van der Waals surface area contributed by atoms with Crippen molar-refractivity contribution in [2.45, 2.75) is 65.3 Å². The molecule has 0 radical (unpaired) electrons. The molecular formula is C23H35N3O5. The Hall–Kier alpha value is -2.87. The van der Waals surface area contributed by atoms with Gasteiger partial charge in [-0.25, -0.2) is 4.79 Å². The summed E-state index contributed by atoms with van der Waals surface area (Å²) in [7, 11) is 0. The van der Waals surface area contributed by atoms with Gasteiger partial charge in [0.1, 0.15) is 17.7 Å². The summed E-state index contributed by atoms with van der Waals surface area (Å²) < 4.78 is 5.19. The summed E-state index contributed by atoms with van der Waals surface area (Å²) in [6.07, 6.45) is 0.826. The second kappa shape index (κ2) is 11.5. The van der Waals surface area contributed by atoms with Crippen molar-refractivity contribution < 1.29 is 24.2 Å². The minimum absolute atomic E-state index is 0.139. The Kier molecular flexibility index (Phi) is 9.71. The van der Waals surface area contributed by atoms with Crippen LogP contribution in [0.2, 0.25) is 0 Å². The number of hydrogen-bond donors (Lipinski definition) is 3. The Bertz CT molecular complexity index is 786. The number of alkyl carbamates (subject to hydrolysis) is 1. The number of ether oxygens (including phenoxy) is 1. The third-order valence-electron chi connectivity index (χ3n) is 4.25. The van der Waals surface area contributed by atoms with Crippen molar-refractivity contribution in [2.75, 3.05) is 13.2 Å². The van der Waals surface area contributed by atoms with E-state index in [-0.39, 0.29) is 18.5 Å². The number of amides is 3. The van der Waals surface area contributed by atoms with Gasteiger partial charge in [-0.2, -0.15) is 0 Å². The van der Waals surface area contributed by atoms with Gasteiger partial charge in [-0.1, -0.05) is 30.9 Å². The van der Waals surface area contributed by atoms with E-state index in [0.29, 0.717) is 5.56 Å². The molecule has 0 bridgehead atoms. The number of carbonyl (C=O) groups is 3. The molecule has 172 valence electrons. The number of aliphatic hydroxyl groups excluding tert-OH is 1. The number of rotatable bonds is 9. The lowest BCUT2D eigenvalue weighted by Crippen LogP contribution is -2.54. The van der Waals surface area contributed by atoms with Gasteiger partial charge in [-0.3, -0.25) is 9.59 Å². The maximum atomic E-state index is 13.3. The molecule has 0 aromatic heterocycles. The van der Waals surface area contributed by atoms with Crippen LogP contribution in [0.3, 0.4) is 0 Å². The first kappa shape index (κ1) is 26.2. The molecule has 1 rings (SSSR count). The molecule has 1 aromatic rings. The van der Waals surface area contributed by atoms with Gasteiger partial charge in [0.15, 0.2) is 0 Å². The van der Waals surface area contributed by atoms with Crippen LogP contribution in [-0.2, 0) is 14.3 Å². The first-order valence-electron chi connectivity index (χ1n) is 10.4. The Morgan fingerprint density at radius 1 is 1.23 bits per heavy atom. The first-order valence-corrected chi connectivity index (χ1v) is 10.4. The highest BCUT2D eigenvalue weighted by Crippen LogP contribution is 2.24. The van der Waals surface area contributed by atoms with E-state index in [1.54, 1.807) is 52.0 Å². The summed E-state index contributed by atoms with van der Waals surface area (Å²) in [6, 6.07) is 4.81. The molecule has 0 heterocycles. The van der Waals surface area contributed by atoms with Crippen molar-refractivity contribution in [3.05, 3.63) is 42.0 Å². The van der Waals surface area contributed by atoms with Gasteiger partial charge < -0.3 is 25.4 Å². The molecule has 2 atom stereocenters. The third kappa shape index (κ3) is 8.05. The highest BCUT2D eigenvalue weighted by molar-refractivity contribution is 5.92. The van der Waals surface area contributed by atoms with Gasteiger partial charge in [-0.15, -0.1) is 0 Å². The third-order valence-corrected chi connectivity index (χ3v) is 4.25. The first-order chi connectivity index (χ1) is 14.4. The molecule has 3 N–H and O–H groups in total. The Balaban J connectivity index is 3.28. The van der Waals surface area contributed by atoms with E-state index < -0.39 is 36.3 Å². The van der Waals surface area contributed by atoms with Crippen LogP contribution in [-0.4, -0.2) is 58.8 Å². The van der Waals surface area contributed by atoms with Crippen LogP contribution < -0.4 is 10.6 Å². The zero-order chi connectivity index (χ0) is 23.8. The van der Waals surface area contributed by atoms with Crippen molar-refractivity contribution in [2.24, 2.45) is 0 Å². The lowest BCUT2D eigenvalue weighted by atomic mass is 10.00. The fraction of sp³-hybridized carbons (Fsp3) is 0.522. The molecule has 0 aliphatic rings. The number of nitrogens with one attached hydrogen (secondary N) is 2. The minimum Gasteiger partial charge on any atom is -0.444 e. The van der Waals surface area contributed by atoms with Crippen molar-refractivity contribution in [1.29, 1.82) is 0 Å². The van der Waals surface area contributed by atoms with E-state index in [1.807, 2.05) is 19.9 Å². The molecule has 0 aliphatic carbocycles. The fourth-order valence-corrected chi connectivity index (χ4v) is 2.99. The lowest BCUT2D eigenvalue weighted by Gasteiger charge is -2.33. The minimum atomic E-state index is -1.26. The van der Waals surface area contributed by atoms with E-state index in [9.17, 15) is 19.5 Å². The van der Waals surface area contributed by atoms with Gasteiger partial charge in [0.25, 0.3) is 0 Å². The number of nitrogens with zero attached hydrogens (tertiary/aromatic N) is 1. The maximum Gasteiger partial charge on any atom is 0.408 e. The summed E-state index contributed by atoms with van der Waals surface area (Å²) >= 11 is 0. The summed E-state index contributed by atoms with van der Waals surface area (Å²) in [5, 5.41) is 15.0. The number of benzene rings is 1. The monoisotopic (exact) mass is 433 g/mol. The number of aliphatic hydroxyl groups is 1. The molecule has 0 saturated carbocycles. The zero-order valence-corrected chi connectivity index (χ0v) is 19.3. The highest BCUT2D eigenvalue weighted by Gasteiger charge is 2.35. The van der Waals surface area contributed by atoms with Crippen LogP contribution >= 0.6 is 0 Å². The van der Waals surface area contributed by atoms with Crippen molar-refractivity contribution in [3.8, 4) is 0 Å². The summed E-state index contributed by atoms with van der Waals surface area (Å²) in [5.74, 6) is -0.954. The number of hydrogen-bond acceptors (Lipinski definition) is 5. The molecule has 0 spiro atoms. The van der Waals surface area contributed by atoms with Crippen LogP contribution in [0, 0.1) is 0 Å². The van der Waals surface area contributed by atoms with Crippen molar-refractivity contribution in [3.63, 3.8) is 0 Å². The van der Waals surface area contributed by atoms with Crippen LogP contribution in [0.5, 0.6) is 0 Å². The summed E-state index contributed by atoms with van der Waals surface area (Å²) in [4.78, 5) is 39.8. The quantitative estimate of drug-likeness (QED) is 0.555. The van der Waals surface area contributed by atoms with E-state index in [1.165, 1.54) is 4.90 Å². The standard InChI is InChI=1S/C23H35N3O5/c1-8-16-11-10-12-17(13-16)19(20(28)24-15(3)4)26(9-2)21(29)18(14-27)25-22(30)31-23(5,6)7/h8,10-13,15,18-19,27H,1,9,14H2,2-7H3,(H,24,28)(H,25,30). The molecule has 2 unspecified atom stereocenters. The maximum absolute atomic E-state index is 13.3. The Labute approximate surface area is 184 Å². The van der Waals surface area contributed by atoms with Crippen LogP contribution in [0.25, 0.3) is 6.08 Å². The molecular weight excluding hydrogens is 398 g/mol. The molecule has 0 aliphatic heterocycles. The predicted octanol–water partition coefficient (Wildman–Crippen LogP) is 2.63. The normalized spacial score (nSPS) is 13.2. The van der Waals surface area contributed by atoms with E-state index in [4.69, 9.17) is 4.74 Å². The molecule has 8 heteroatoms. The molecule has 1 aromatic carbocycles. The van der Waals surface area contributed by atoms with Gasteiger partial charge in [0, 0.05) is 12.6 Å². The van der Waals surface area contributed by atoms with Crippen molar-refractivity contribution in [1.82, 2.24) is 15.5 Å². The van der Waals surface area contributed by atoms with Gasteiger partial charge in [0.2, 0.25) is 11.8 Å². The largest absolute Gasteiger partial charge is 0.444 e. The van der Waals surface area contributed by atoms with E-state index in [2.05, 4.69) is 17.2 Å². The number of carbonyl (C=O) groups excluding carboxylic acids is 3. The van der Waals surface area contributed by atoms with Crippen LogP contribution in [0.15, 0.2) is 30.8 Å². The molecule has 0 saturated heterocycles. The van der Waals surface area contributed by atoms with E-state index in [0.717, 1.165) is 5.56 Å². The second-order valence-corrected chi connectivity index (χ2v) is 8.45. The molecule has 3 amide bonds. The second-order valence-electron chi connectivity index (χ2n) is 8.45. The van der Waals surface area contributed by atoms with E-state index >= 15 is 0 Å². The Morgan fingerprint density at radius 2 is 1.87 bits per heavy atom. The van der Waals surface area contributed by atoms with Crippen LogP contribution in [0.4, 0.5) is 4.79 Å². The smallest absolute Gasteiger partial charge is 0.408 e. The topological polar surface area (TPSA) is 108 Å². The molecule has 31 heavy (non-hydrogen) atoms. The van der Waals surface area contributed by atoms with Crippen LogP contribution in [0.1, 0.15) is 58.7 Å². The fourth-order valence-electron chi connectivity index (χ4n) is 2.99. The average molecular weight is 434 g/mol. The summed E-state index contributed by atoms with van der Waals surface area (Å²) in [6.45, 7) is 13.8. The highest BCUT2D eigenvalue weighted by atomic mass is 16.6.